The number of piperidine rings is 2. The Balaban J connectivity index is 1.19. The van der Waals surface area contributed by atoms with Gasteiger partial charge in [-0.15, -0.1) is 0 Å². The Morgan fingerprint density at radius 1 is 1.00 bits per heavy atom. The third kappa shape index (κ3) is 4.44. The number of imidazole rings is 1. The van der Waals surface area contributed by atoms with Gasteiger partial charge in [0.1, 0.15) is 0 Å². The zero-order valence-electron chi connectivity index (χ0n) is 19.0. The van der Waals surface area contributed by atoms with E-state index in [0.29, 0.717) is 18.1 Å². The molecule has 0 atom stereocenters. The number of pyridine rings is 1. The van der Waals surface area contributed by atoms with Crippen molar-refractivity contribution >= 4 is 28.5 Å². The lowest BCUT2D eigenvalue weighted by molar-refractivity contribution is -0.138. The summed E-state index contributed by atoms with van der Waals surface area (Å²) in [5, 5.41) is 0.629. The molecule has 2 saturated heterocycles. The molecule has 0 bridgehead atoms. The molecule has 1 aromatic carbocycles. The van der Waals surface area contributed by atoms with E-state index in [0.717, 1.165) is 56.4 Å². The largest absolute Gasteiger partial charge is 0.342 e. The lowest BCUT2D eigenvalue weighted by atomic mass is 9.93. The van der Waals surface area contributed by atoms with Gasteiger partial charge in [0.25, 0.3) is 0 Å². The van der Waals surface area contributed by atoms with Crippen molar-refractivity contribution in [3.63, 3.8) is 0 Å². The van der Waals surface area contributed by atoms with E-state index in [4.69, 9.17) is 11.6 Å². The number of carbonyl (C=O) groups excluding carboxylic acids is 1. The van der Waals surface area contributed by atoms with Crippen molar-refractivity contribution in [3.05, 3.63) is 63.8 Å². The highest BCUT2D eigenvalue weighted by atomic mass is 35.5. The minimum atomic E-state index is -0.0152. The summed E-state index contributed by atoms with van der Waals surface area (Å²) in [6.07, 6.45) is 7.05. The summed E-state index contributed by atoms with van der Waals surface area (Å²) in [7, 11) is 1.80. The van der Waals surface area contributed by atoms with E-state index in [1.165, 1.54) is 5.56 Å². The number of rotatable bonds is 4. The second-order valence-electron chi connectivity index (χ2n) is 9.31. The molecular weight excluding hydrogens is 438 g/mol. The summed E-state index contributed by atoms with van der Waals surface area (Å²) in [6.45, 7) is 4.20. The van der Waals surface area contributed by atoms with Crippen LogP contribution in [0.2, 0.25) is 5.02 Å². The van der Waals surface area contributed by atoms with Gasteiger partial charge in [0, 0.05) is 56.1 Å². The number of amides is 1. The minimum Gasteiger partial charge on any atom is -0.342 e. The predicted molar refractivity (Wildman–Crippen MR) is 129 cm³/mol. The molecule has 5 rings (SSSR count). The number of fused-ring (bicyclic) bond motifs is 1. The standard InChI is InChI=1S/C25H30ClN5O2/c1-28-22-3-2-20(26)16-23(22)31(25(28)33)21-8-14-30(15-9-21)24(32)19-6-12-29(13-7-19)17-18-4-10-27-11-5-18/h2-5,10-11,16,19,21H,6-9,12-15,17H2,1H3. The van der Waals surface area contributed by atoms with Crippen LogP contribution < -0.4 is 5.69 Å². The highest BCUT2D eigenvalue weighted by molar-refractivity contribution is 6.31. The number of hydrogen-bond donors (Lipinski definition) is 0. The van der Waals surface area contributed by atoms with Crippen molar-refractivity contribution in [1.82, 2.24) is 23.9 Å². The Morgan fingerprint density at radius 3 is 2.39 bits per heavy atom. The van der Waals surface area contributed by atoms with Gasteiger partial charge in [0.05, 0.1) is 11.0 Å². The molecule has 2 aliphatic heterocycles. The fourth-order valence-electron chi connectivity index (χ4n) is 5.38. The van der Waals surface area contributed by atoms with Crippen LogP contribution in [0.15, 0.2) is 47.5 Å². The van der Waals surface area contributed by atoms with Crippen molar-refractivity contribution in [2.75, 3.05) is 26.2 Å². The second kappa shape index (κ2) is 9.31. The van der Waals surface area contributed by atoms with Crippen molar-refractivity contribution in [2.45, 2.75) is 38.3 Å². The molecule has 174 valence electrons. The molecule has 0 N–H and O–H groups in total. The number of hydrogen-bond acceptors (Lipinski definition) is 4. The maximum Gasteiger partial charge on any atom is 0.329 e. The molecule has 1 amide bonds. The Kier molecular flexibility index (Phi) is 6.25. The second-order valence-corrected chi connectivity index (χ2v) is 9.74. The molecule has 33 heavy (non-hydrogen) atoms. The number of likely N-dealkylation sites (tertiary alicyclic amines) is 2. The minimum absolute atomic E-state index is 0.0152. The molecule has 0 unspecified atom stereocenters. The van der Waals surface area contributed by atoms with Crippen LogP contribution in [-0.4, -0.2) is 56.0 Å². The SMILES string of the molecule is Cn1c(=O)n(C2CCN(C(=O)C3CCN(Cc4ccncc4)CC3)CC2)c2cc(Cl)ccc21. The van der Waals surface area contributed by atoms with Crippen LogP contribution >= 0.6 is 11.6 Å². The molecule has 2 aromatic heterocycles. The van der Waals surface area contributed by atoms with Gasteiger partial charge < -0.3 is 4.90 Å². The van der Waals surface area contributed by atoms with Gasteiger partial charge in [0.2, 0.25) is 5.91 Å². The smallest absolute Gasteiger partial charge is 0.329 e. The monoisotopic (exact) mass is 467 g/mol. The van der Waals surface area contributed by atoms with E-state index in [9.17, 15) is 9.59 Å². The highest BCUT2D eigenvalue weighted by Gasteiger charge is 2.32. The average Bonchev–Trinajstić information content (AvgIpc) is 3.09. The van der Waals surface area contributed by atoms with Crippen LogP contribution in [0, 0.1) is 5.92 Å². The fourth-order valence-corrected chi connectivity index (χ4v) is 5.55. The lowest BCUT2D eigenvalue weighted by Gasteiger charge is -2.37. The summed E-state index contributed by atoms with van der Waals surface area (Å²) in [5.74, 6) is 0.389. The maximum absolute atomic E-state index is 13.2. The van der Waals surface area contributed by atoms with E-state index in [1.807, 2.05) is 40.1 Å². The molecule has 0 radical (unpaired) electrons. The molecule has 7 nitrogen and oxygen atoms in total. The van der Waals surface area contributed by atoms with E-state index in [1.54, 1.807) is 11.6 Å². The average molecular weight is 468 g/mol. The number of benzene rings is 1. The Hall–Kier alpha value is -2.64. The van der Waals surface area contributed by atoms with Crippen LogP contribution in [0.25, 0.3) is 11.0 Å². The normalized spacial score (nSPS) is 18.8. The van der Waals surface area contributed by atoms with Crippen LogP contribution in [0.4, 0.5) is 0 Å². The molecule has 2 aliphatic rings. The van der Waals surface area contributed by atoms with Crippen LogP contribution in [0.5, 0.6) is 0 Å². The van der Waals surface area contributed by atoms with Crippen molar-refractivity contribution < 1.29 is 4.79 Å². The molecule has 8 heteroatoms. The Labute approximate surface area is 198 Å². The molecule has 0 aliphatic carbocycles. The lowest BCUT2D eigenvalue weighted by Crippen LogP contribution is -2.46. The summed E-state index contributed by atoms with van der Waals surface area (Å²) in [6, 6.07) is 9.78. The van der Waals surface area contributed by atoms with E-state index in [-0.39, 0.29) is 23.6 Å². The highest BCUT2D eigenvalue weighted by Crippen LogP contribution is 2.29. The molecule has 0 spiro atoms. The molecule has 4 heterocycles. The van der Waals surface area contributed by atoms with Gasteiger partial charge in [-0.05, 0) is 74.7 Å². The van der Waals surface area contributed by atoms with Gasteiger partial charge in [-0.1, -0.05) is 11.6 Å². The fraction of sp³-hybridized carbons (Fsp3) is 0.480. The summed E-state index contributed by atoms with van der Waals surface area (Å²) < 4.78 is 3.56. The first-order chi connectivity index (χ1) is 16.0. The first-order valence-corrected chi connectivity index (χ1v) is 12.2. The third-order valence-electron chi connectivity index (χ3n) is 7.29. The number of nitrogens with zero attached hydrogens (tertiary/aromatic N) is 5. The summed E-state index contributed by atoms with van der Waals surface area (Å²) in [4.78, 5) is 34.6. The van der Waals surface area contributed by atoms with Gasteiger partial charge in [0.15, 0.2) is 0 Å². The quantitative estimate of drug-likeness (QED) is 0.589. The molecular formula is C25H30ClN5O2. The van der Waals surface area contributed by atoms with Gasteiger partial charge in [-0.3, -0.25) is 23.8 Å². The number of carbonyl (C=O) groups is 1. The van der Waals surface area contributed by atoms with Crippen LogP contribution in [-0.2, 0) is 18.4 Å². The molecule has 2 fully saturated rings. The first kappa shape index (κ1) is 22.2. The maximum atomic E-state index is 13.2. The first-order valence-electron chi connectivity index (χ1n) is 11.8. The van der Waals surface area contributed by atoms with E-state index >= 15 is 0 Å². The summed E-state index contributed by atoms with van der Waals surface area (Å²) in [5.41, 5.74) is 3.02. The van der Waals surface area contributed by atoms with Gasteiger partial charge in [-0.25, -0.2) is 4.79 Å². The Morgan fingerprint density at radius 2 is 1.70 bits per heavy atom. The zero-order valence-corrected chi connectivity index (χ0v) is 19.7. The Bertz CT molecular complexity index is 1190. The topological polar surface area (TPSA) is 63.4 Å². The number of aryl methyl sites for hydroxylation is 1. The predicted octanol–water partition coefficient (Wildman–Crippen LogP) is 3.46. The zero-order chi connectivity index (χ0) is 22.9. The summed E-state index contributed by atoms with van der Waals surface area (Å²) >= 11 is 6.21. The van der Waals surface area contributed by atoms with Crippen molar-refractivity contribution in [3.8, 4) is 0 Å². The van der Waals surface area contributed by atoms with E-state index < -0.39 is 0 Å². The molecule has 0 saturated carbocycles. The van der Waals surface area contributed by atoms with Gasteiger partial charge >= 0.3 is 5.69 Å². The van der Waals surface area contributed by atoms with E-state index in [2.05, 4.69) is 22.0 Å². The van der Waals surface area contributed by atoms with Crippen LogP contribution in [0.3, 0.4) is 0 Å². The van der Waals surface area contributed by atoms with Crippen molar-refractivity contribution in [1.29, 1.82) is 0 Å². The van der Waals surface area contributed by atoms with Crippen molar-refractivity contribution in [2.24, 2.45) is 13.0 Å². The van der Waals surface area contributed by atoms with Gasteiger partial charge in [-0.2, -0.15) is 0 Å². The number of halogens is 1. The third-order valence-corrected chi connectivity index (χ3v) is 7.52. The molecule has 3 aromatic rings. The number of aromatic nitrogens is 3. The van der Waals surface area contributed by atoms with Crippen LogP contribution in [0.1, 0.15) is 37.3 Å².